The van der Waals surface area contributed by atoms with Crippen LogP contribution >= 0.6 is 0 Å². The number of anilines is 5. The Kier molecular flexibility index (Phi) is 7.71. The molecule has 9 heteroatoms. The lowest BCUT2D eigenvalue weighted by atomic mass is 10.1. The van der Waals surface area contributed by atoms with Crippen LogP contribution in [0, 0.1) is 0 Å². The summed E-state index contributed by atoms with van der Waals surface area (Å²) < 4.78 is 16.1. The number of ether oxygens (including phenoxy) is 3. The lowest BCUT2D eigenvalue weighted by molar-refractivity contribution is -0.111. The molecule has 8 N–H and O–H groups in total. The van der Waals surface area contributed by atoms with Gasteiger partial charge in [0.1, 0.15) is 0 Å². The van der Waals surface area contributed by atoms with Gasteiger partial charge in [-0.1, -0.05) is 18.2 Å². The van der Waals surface area contributed by atoms with Crippen molar-refractivity contribution in [3.63, 3.8) is 0 Å². The van der Waals surface area contributed by atoms with E-state index in [0.717, 1.165) is 16.8 Å². The summed E-state index contributed by atoms with van der Waals surface area (Å²) in [6.45, 7) is 0.476. The summed E-state index contributed by atoms with van der Waals surface area (Å²) in [5.74, 6) is 1.30. The Bertz CT molecular complexity index is 1180. The third-order valence-corrected chi connectivity index (χ3v) is 5.14. The molecule has 3 rings (SSSR count). The van der Waals surface area contributed by atoms with Gasteiger partial charge in [-0.25, -0.2) is 0 Å². The maximum atomic E-state index is 12.2. The normalized spacial score (nSPS) is 10.7. The highest BCUT2D eigenvalue weighted by atomic mass is 16.5. The molecule has 0 spiro atoms. The minimum absolute atomic E-state index is 0.330. The number of nitrogens with two attached hydrogens (primary N) is 3. The topological polar surface area (TPSA) is 147 Å². The zero-order chi connectivity index (χ0) is 24.7. The van der Waals surface area contributed by atoms with Crippen LogP contribution in [0.15, 0.2) is 54.6 Å². The molecule has 0 fully saturated rings. The molecular formula is C25H29N5O4. The number of hydrogen-bond donors (Lipinski definition) is 5. The van der Waals surface area contributed by atoms with Crippen molar-refractivity contribution in [3.8, 4) is 17.2 Å². The van der Waals surface area contributed by atoms with Crippen LogP contribution in [0.1, 0.15) is 11.1 Å². The fourth-order valence-corrected chi connectivity index (χ4v) is 3.30. The molecule has 9 nitrogen and oxygen atoms in total. The van der Waals surface area contributed by atoms with Crippen LogP contribution < -0.4 is 42.0 Å². The third-order valence-electron chi connectivity index (χ3n) is 5.14. The Labute approximate surface area is 198 Å². The monoisotopic (exact) mass is 463 g/mol. The van der Waals surface area contributed by atoms with E-state index >= 15 is 0 Å². The number of carbonyl (C=O) groups is 1. The van der Waals surface area contributed by atoms with E-state index in [-0.39, 0.29) is 5.91 Å². The Hall–Kier alpha value is -4.53. The van der Waals surface area contributed by atoms with E-state index < -0.39 is 0 Å². The Balaban J connectivity index is 1.66. The van der Waals surface area contributed by atoms with Gasteiger partial charge in [-0.3, -0.25) is 4.79 Å². The predicted molar refractivity (Wildman–Crippen MR) is 137 cm³/mol. The highest BCUT2D eigenvalue weighted by Gasteiger charge is 2.13. The summed E-state index contributed by atoms with van der Waals surface area (Å²) in [6.07, 6.45) is 3.08. The van der Waals surface area contributed by atoms with Gasteiger partial charge in [0.25, 0.3) is 0 Å². The standard InChI is InChI=1S/C25H29N5O4/c1-32-21-12-17(13-22(33-2)25(21)34-3)29-14-16-9-7-15(11-19(16)27)8-10-23(31)30-20-6-4-5-18(26)24(20)28/h4-13,29H,14,26-28H2,1-3H3,(H,30,31)/b10-8+. The Morgan fingerprint density at radius 3 is 2.24 bits per heavy atom. The van der Waals surface area contributed by atoms with Gasteiger partial charge in [0.05, 0.1) is 38.4 Å². The first kappa shape index (κ1) is 24.1. The van der Waals surface area contributed by atoms with Crippen LogP contribution in [-0.4, -0.2) is 27.2 Å². The number of para-hydroxylation sites is 1. The summed E-state index contributed by atoms with van der Waals surface area (Å²) in [5.41, 5.74) is 22.1. The smallest absolute Gasteiger partial charge is 0.248 e. The van der Waals surface area contributed by atoms with Gasteiger partial charge < -0.3 is 42.0 Å². The van der Waals surface area contributed by atoms with Crippen molar-refractivity contribution in [3.05, 3.63) is 65.7 Å². The zero-order valence-electron chi connectivity index (χ0n) is 19.3. The van der Waals surface area contributed by atoms with Gasteiger partial charge in [-0.15, -0.1) is 0 Å². The van der Waals surface area contributed by atoms with Crippen LogP contribution in [0.3, 0.4) is 0 Å². The van der Waals surface area contributed by atoms with Crippen molar-refractivity contribution in [1.29, 1.82) is 0 Å². The molecule has 1 amide bonds. The Morgan fingerprint density at radius 2 is 1.62 bits per heavy atom. The molecule has 0 heterocycles. The number of rotatable bonds is 9. The fraction of sp³-hybridized carbons (Fsp3) is 0.160. The second kappa shape index (κ2) is 10.9. The first-order valence-electron chi connectivity index (χ1n) is 10.4. The second-order valence-corrected chi connectivity index (χ2v) is 7.36. The molecule has 0 bridgehead atoms. The van der Waals surface area contributed by atoms with E-state index in [9.17, 15) is 4.79 Å². The quantitative estimate of drug-likeness (QED) is 0.238. The largest absolute Gasteiger partial charge is 0.493 e. The lowest BCUT2D eigenvalue weighted by Crippen LogP contribution is -2.10. The van der Waals surface area contributed by atoms with Crippen molar-refractivity contribution < 1.29 is 19.0 Å². The van der Waals surface area contributed by atoms with Crippen molar-refractivity contribution >= 4 is 40.4 Å². The number of amides is 1. The van der Waals surface area contributed by atoms with Gasteiger partial charge in [-0.2, -0.15) is 0 Å². The summed E-state index contributed by atoms with van der Waals surface area (Å²) in [7, 11) is 4.69. The molecule has 178 valence electrons. The van der Waals surface area contributed by atoms with Crippen LogP contribution in [-0.2, 0) is 11.3 Å². The van der Waals surface area contributed by atoms with E-state index in [0.29, 0.717) is 46.5 Å². The second-order valence-electron chi connectivity index (χ2n) is 7.36. The highest BCUT2D eigenvalue weighted by Crippen LogP contribution is 2.40. The van der Waals surface area contributed by atoms with Crippen molar-refractivity contribution in [2.45, 2.75) is 6.54 Å². The number of benzene rings is 3. The Morgan fingerprint density at radius 1 is 0.912 bits per heavy atom. The highest BCUT2D eigenvalue weighted by molar-refractivity contribution is 6.04. The van der Waals surface area contributed by atoms with E-state index in [1.54, 1.807) is 51.7 Å². The molecule has 0 unspecified atom stereocenters. The molecule has 0 radical (unpaired) electrons. The molecule has 3 aromatic carbocycles. The first-order valence-corrected chi connectivity index (χ1v) is 10.4. The molecule has 0 aliphatic heterocycles. The molecule has 0 aliphatic rings. The van der Waals surface area contributed by atoms with Gasteiger partial charge in [0.2, 0.25) is 11.7 Å². The van der Waals surface area contributed by atoms with Crippen LogP contribution in [0.2, 0.25) is 0 Å². The van der Waals surface area contributed by atoms with E-state index in [1.807, 2.05) is 24.3 Å². The van der Waals surface area contributed by atoms with E-state index in [4.69, 9.17) is 31.4 Å². The molecule has 34 heavy (non-hydrogen) atoms. The summed E-state index contributed by atoms with van der Waals surface area (Å²) in [4.78, 5) is 12.2. The van der Waals surface area contributed by atoms with Gasteiger partial charge in [0.15, 0.2) is 11.5 Å². The summed E-state index contributed by atoms with van der Waals surface area (Å²) in [6, 6.07) is 14.3. The minimum Gasteiger partial charge on any atom is -0.493 e. The van der Waals surface area contributed by atoms with Crippen molar-refractivity contribution in [2.75, 3.05) is 49.2 Å². The van der Waals surface area contributed by atoms with E-state index in [2.05, 4.69) is 10.6 Å². The van der Waals surface area contributed by atoms with Crippen LogP contribution in [0.5, 0.6) is 17.2 Å². The van der Waals surface area contributed by atoms with Gasteiger partial charge in [0, 0.05) is 36.1 Å². The maximum absolute atomic E-state index is 12.2. The maximum Gasteiger partial charge on any atom is 0.248 e. The lowest BCUT2D eigenvalue weighted by Gasteiger charge is -2.15. The number of nitrogens with one attached hydrogen (secondary N) is 2. The van der Waals surface area contributed by atoms with Crippen molar-refractivity contribution in [1.82, 2.24) is 0 Å². The molecule has 0 atom stereocenters. The number of nitrogen functional groups attached to an aromatic ring is 3. The fourth-order valence-electron chi connectivity index (χ4n) is 3.30. The first-order chi connectivity index (χ1) is 16.4. The van der Waals surface area contributed by atoms with Gasteiger partial charge in [-0.05, 0) is 35.4 Å². The average Bonchev–Trinajstić information content (AvgIpc) is 2.84. The van der Waals surface area contributed by atoms with Crippen LogP contribution in [0.4, 0.5) is 28.4 Å². The number of hydrogen-bond acceptors (Lipinski definition) is 8. The van der Waals surface area contributed by atoms with Crippen molar-refractivity contribution in [2.24, 2.45) is 0 Å². The third kappa shape index (κ3) is 5.63. The summed E-state index contributed by atoms with van der Waals surface area (Å²) >= 11 is 0. The molecular weight excluding hydrogens is 434 g/mol. The molecule has 0 aliphatic carbocycles. The number of methoxy groups -OCH3 is 3. The van der Waals surface area contributed by atoms with Crippen LogP contribution in [0.25, 0.3) is 6.08 Å². The summed E-state index contributed by atoms with van der Waals surface area (Å²) in [5, 5.41) is 6.02. The minimum atomic E-state index is -0.330. The molecule has 0 aromatic heterocycles. The van der Waals surface area contributed by atoms with Gasteiger partial charge >= 0.3 is 0 Å². The zero-order valence-corrected chi connectivity index (χ0v) is 19.3. The SMILES string of the molecule is COc1cc(NCc2ccc(/C=C/C(=O)Nc3cccc(N)c3N)cc2N)cc(OC)c1OC. The molecule has 3 aromatic rings. The molecule has 0 saturated carbocycles. The average molecular weight is 464 g/mol. The molecule has 0 saturated heterocycles. The number of carbonyl (C=O) groups excluding carboxylic acids is 1. The predicted octanol–water partition coefficient (Wildman–Crippen LogP) is 3.72. The van der Waals surface area contributed by atoms with E-state index in [1.165, 1.54) is 6.08 Å².